The number of amides is 1. The fourth-order valence-corrected chi connectivity index (χ4v) is 1.91. The van der Waals surface area contributed by atoms with Crippen molar-refractivity contribution < 1.29 is 4.79 Å². The van der Waals surface area contributed by atoms with Crippen LogP contribution in [-0.2, 0) is 4.79 Å². The van der Waals surface area contributed by atoms with Crippen molar-refractivity contribution in [1.82, 2.24) is 4.90 Å². The van der Waals surface area contributed by atoms with E-state index in [4.69, 9.17) is 5.26 Å². The van der Waals surface area contributed by atoms with E-state index < -0.39 is 0 Å². The molecule has 1 radical (unpaired) electrons. The van der Waals surface area contributed by atoms with Crippen molar-refractivity contribution in [3.05, 3.63) is 30.2 Å². The lowest BCUT2D eigenvalue weighted by atomic mass is 9.86. The molecule has 0 fully saturated rings. The van der Waals surface area contributed by atoms with Crippen molar-refractivity contribution in [2.75, 3.05) is 7.05 Å². The molecule has 0 saturated heterocycles. The molecule has 0 N–H and O–H groups in total. The van der Waals surface area contributed by atoms with Gasteiger partial charge in [0.1, 0.15) is 0 Å². The molecule has 3 nitrogen and oxygen atoms in total. The van der Waals surface area contributed by atoms with Crippen molar-refractivity contribution in [2.45, 2.75) is 26.7 Å². The van der Waals surface area contributed by atoms with Gasteiger partial charge in [-0.1, -0.05) is 32.1 Å². The Morgan fingerprint density at radius 3 is 2.76 bits per heavy atom. The Morgan fingerprint density at radius 2 is 2.29 bits per heavy atom. The third-order valence-electron chi connectivity index (χ3n) is 2.78. The third-order valence-corrected chi connectivity index (χ3v) is 2.78. The lowest BCUT2D eigenvalue weighted by Crippen LogP contribution is -2.31. The van der Waals surface area contributed by atoms with Gasteiger partial charge in [-0.3, -0.25) is 9.69 Å². The summed E-state index contributed by atoms with van der Waals surface area (Å²) in [6.07, 6.45) is 11.6. The number of nitrogens with zero attached hydrogens (tertiary/aromatic N) is 2. The molecule has 91 valence electrons. The molecule has 17 heavy (non-hydrogen) atoms. The van der Waals surface area contributed by atoms with E-state index in [1.807, 2.05) is 30.8 Å². The van der Waals surface area contributed by atoms with E-state index in [-0.39, 0.29) is 11.8 Å². The van der Waals surface area contributed by atoms with Gasteiger partial charge < -0.3 is 0 Å². The van der Waals surface area contributed by atoms with Crippen LogP contribution in [0.5, 0.6) is 0 Å². The maximum atomic E-state index is 12.1. The number of carbonyl (C=O) groups is 1. The van der Waals surface area contributed by atoms with Gasteiger partial charge in [-0.15, -0.1) is 0 Å². The molecule has 0 aromatic carbocycles. The van der Waals surface area contributed by atoms with Gasteiger partial charge in [0.15, 0.2) is 6.19 Å². The summed E-state index contributed by atoms with van der Waals surface area (Å²) in [7, 11) is 1.52. The minimum Gasteiger partial charge on any atom is -0.273 e. The van der Waals surface area contributed by atoms with Gasteiger partial charge in [-0.25, -0.2) is 0 Å². The number of hydrogen-bond donors (Lipinski definition) is 0. The maximum Gasteiger partial charge on any atom is 0.242 e. The van der Waals surface area contributed by atoms with Gasteiger partial charge in [-0.2, -0.15) is 5.26 Å². The summed E-state index contributed by atoms with van der Waals surface area (Å²) < 4.78 is 0. The first-order valence-electron chi connectivity index (χ1n) is 5.93. The minimum atomic E-state index is -0.201. The Kier molecular flexibility index (Phi) is 4.96. The second-order valence-electron chi connectivity index (χ2n) is 4.72. The monoisotopic (exact) mass is 231 g/mol. The van der Waals surface area contributed by atoms with Crippen LogP contribution < -0.4 is 0 Å². The molecule has 1 amide bonds. The second-order valence-corrected chi connectivity index (χ2v) is 4.72. The maximum absolute atomic E-state index is 12.1. The normalized spacial score (nSPS) is 16.3. The molecule has 1 unspecified atom stereocenters. The zero-order valence-corrected chi connectivity index (χ0v) is 10.7. The Morgan fingerprint density at radius 1 is 1.59 bits per heavy atom. The number of hydrogen-bond acceptors (Lipinski definition) is 2. The van der Waals surface area contributed by atoms with Crippen LogP contribution in [0.4, 0.5) is 0 Å². The number of carbonyl (C=O) groups excluding carboxylic acids is 1. The van der Waals surface area contributed by atoms with Crippen LogP contribution in [0.3, 0.4) is 0 Å². The molecule has 0 aromatic rings. The highest BCUT2D eigenvalue weighted by Crippen LogP contribution is 2.26. The van der Waals surface area contributed by atoms with Crippen LogP contribution in [0, 0.1) is 29.7 Å². The topological polar surface area (TPSA) is 44.1 Å². The quantitative estimate of drug-likeness (QED) is 0.551. The minimum absolute atomic E-state index is 0.118. The predicted octanol–water partition coefficient (Wildman–Crippen LogP) is 2.68. The van der Waals surface area contributed by atoms with Gasteiger partial charge in [0.2, 0.25) is 5.91 Å². The van der Waals surface area contributed by atoms with E-state index in [1.54, 1.807) is 0 Å². The predicted molar refractivity (Wildman–Crippen MR) is 67.5 cm³/mol. The molecular formula is C14H19N2O. The first-order chi connectivity index (χ1) is 8.06. The summed E-state index contributed by atoms with van der Waals surface area (Å²) in [5.74, 6) is 0.104. The Hall–Kier alpha value is -1.56. The van der Waals surface area contributed by atoms with Crippen molar-refractivity contribution in [2.24, 2.45) is 11.8 Å². The molecule has 3 heteroatoms. The summed E-state index contributed by atoms with van der Waals surface area (Å²) in [5.41, 5.74) is 1.01. The summed E-state index contributed by atoms with van der Waals surface area (Å²) in [4.78, 5) is 13.2. The fraction of sp³-hybridized carbons (Fsp3) is 0.500. The smallest absolute Gasteiger partial charge is 0.242 e. The largest absolute Gasteiger partial charge is 0.273 e. The van der Waals surface area contributed by atoms with Gasteiger partial charge in [0, 0.05) is 7.05 Å². The molecule has 0 heterocycles. The Balaban J connectivity index is 2.88. The lowest BCUT2D eigenvalue weighted by molar-refractivity contribution is -0.130. The molecule has 0 aliphatic heterocycles. The summed E-state index contributed by atoms with van der Waals surface area (Å²) >= 11 is 0. The molecule has 0 saturated carbocycles. The van der Waals surface area contributed by atoms with E-state index in [0.717, 1.165) is 23.3 Å². The highest BCUT2D eigenvalue weighted by Gasteiger charge is 2.26. The molecular weight excluding hydrogens is 212 g/mol. The van der Waals surface area contributed by atoms with Crippen LogP contribution in [0.25, 0.3) is 0 Å². The molecule has 1 aliphatic carbocycles. The highest BCUT2D eigenvalue weighted by atomic mass is 16.2. The SMILES string of the molecule is CC(C)CC(C(=O)N(C)C#N)C1=C[CH]CC=C1. The molecule has 1 aliphatic rings. The first-order valence-corrected chi connectivity index (χ1v) is 5.93. The lowest BCUT2D eigenvalue weighted by Gasteiger charge is -2.22. The summed E-state index contributed by atoms with van der Waals surface area (Å²) in [6.45, 7) is 4.17. The van der Waals surface area contributed by atoms with Gasteiger partial charge >= 0.3 is 0 Å². The number of rotatable bonds is 4. The van der Waals surface area contributed by atoms with E-state index in [1.165, 1.54) is 7.05 Å². The van der Waals surface area contributed by atoms with Crippen molar-refractivity contribution in [1.29, 1.82) is 5.26 Å². The van der Waals surface area contributed by atoms with Crippen LogP contribution in [-0.4, -0.2) is 17.9 Å². The molecule has 1 rings (SSSR count). The van der Waals surface area contributed by atoms with Crippen LogP contribution >= 0.6 is 0 Å². The molecule has 0 aromatic heterocycles. The van der Waals surface area contributed by atoms with Crippen molar-refractivity contribution >= 4 is 5.91 Å². The summed E-state index contributed by atoms with van der Waals surface area (Å²) in [5, 5.41) is 8.80. The zero-order chi connectivity index (χ0) is 12.8. The molecule has 1 atom stereocenters. The van der Waals surface area contributed by atoms with Crippen LogP contribution in [0.15, 0.2) is 23.8 Å². The Bertz CT molecular complexity index is 374. The average Bonchev–Trinajstić information content (AvgIpc) is 2.35. The van der Waals surface area contributed by atoms with Gasteiger partial charge in [0.05, 0.1) is 5.92 Å². The van der Waals surface area contributed by atoms with Crippen molar-refractivity contribution in [3.63, 3.8) is 0 Å². The zero-order valence-electron chi connectivity index (χ0n) is 10.7. The van der Waals surface area contributed by atoms with E-state index in [9.17, 15) is 4.79 Å². The average molecular weight is 231 g/mol. The standard InChI is InChI=1S/C14H19N2O/c1-11(2)9-13(14(17)16(3)10-15)12-7-5-4-6-8-12/h5-8,11,13H,4,9H2,1-3H3. The third kappa shape index (κ3) is 3.74. The van der Waals surface area contributed by atoms with Crippen molar-refractivity contribution in [3.8, 4) is 6.19 Å². The van der Waals surface area contributed by atoms with Gasteiger partial charge in [0.25, 0.3) is 0 Å². The second kappa shape index (κ2) is 6.24. The molecule has 0 bridgehead atoms. The van der Waals surface area contributed by atoms with Crippen LogP contribution in [0.2, 0.25) is 0 Å². The van der Waals surface area contributed by atoms with E-state index >= 15 is 0 Å². The van der Waals surface area contributed by atoms with E-state index in [2.05, 4.69) is 13.8 Å². The Labute approximate surface area is 103 Å². The fourth-order valence-electron chi connectivity index (χ4n) is 1.91. The van der Waals surface area contributed by atoms with Gasteiger partial charge in [-0.05, 0) is 30.8 Å². The van der Waals surface area contributed by atoms with E-state index in [0.29, 0.717) is 5.92 Å². The first kappa shape index (κ1) is 13.5. The summed E-state index contributed by atoms with van der Waals surface area (Å²) in [6, 6.07) is 0. The number of allylic oxidation sites excluding steroid dienone is 3. The highest BCUT2D eigenvalue weighted by molar-refractivity contribution is 5.83. The molecule has 0 spiro atoms. The number of nitriles is 1. The van der Waals surface area contributed by atoms with Crippen LogP contribution in [0.1, 0.15) is 26.7 Å².